The summed E-state index contributed by atoms with van der Waals surface area (Å²) in [6.45, 7) is 11.8. The van der Waals surface area contributed by atoms with E-state index in [0.717, 1.165) is 18.9 Å². The number of nitrogens with zero attached hydrogens (tertiary/aromatic N) is 3. The Kier molecular flexibility index (Phi) is 8.60. The van der Waals surface area contributed by atoms with Crippen LogP contribution in [0.3, 0.4) is 0 Å². The standard InChI is InChI=1S/C24H35N5O7S/c1-7-15(2)27-37(33,34)20-13-17(29(31)32)10-11-19(20)36-23-16(3)21(26-28(23)24(4,5)6)22(30)25-14-18-9-8-12-35-18/h10-11,13,15,18,27H,7-9,12,14H2,1-6H3,(H,25,30). The van der Waals surface area contributed by atoms with Gasteiger partial charge in [0, 0.05) is 36.9 Å². The topological polar surface area (TPSA) is 155 Å². The predicted molar refractivity (Wildman–Crippen MR) is 137 cm³/mol. The minimum absolute atomic E-state index is 0.0458. The van der Waals surface area contributed by atoms with Crippen LogP contribution in [0.1, 0.15) is 69.9 Å². The van der Waals surface area contributed by atoms with Gasteiger partial charge >= 0.3 is 0 Å². The molecular formula is C24H35N5O7S. The number of nitrogens with one attached hydrogen (secondary N) is 2. The Morgan fingerprint density at radius 3 is 2.65 bits per heavy atom. The van der Waals surface area contributed by atoms with Crippen LogP contribution >= 0.6 is 0 Å². The molecule has 2 aromatic rings. The van der Waals surface area contributed by atoms with Gasteiger partial charge in [-0.05, 0) is 59.9 Å². The zero-order valence-corrected chi connectivity index (χ0v) is 22.8. The van der Waals surface area contributed by atoms with Gasteiger partial charge < -0.3 is 14.8 Å². The predicted octanol–water partition coefficient (Wildman–Crippen LogP) is 3.63. The molecule has 204 valence electrons. The zero-order chi connectivity index (χ0) is 27.5. The number of rotatable bonds is 10. The normalized spacial score (nSPS) is 17.0. The van der Waals surface area contributed by atoms with Crippen LogP contribution < -0.4 is 14.8 Å². The Hall–Kier alpha value is -3.03. The Morgan fingerprint density at radius 2 is 2.08 bits per heavy atom. The first kappa shape index (κ1) is 28.5. The first-order chi connectivity index (χ1) is 17.2. The first-order valence-corrected chi connectivity index (χ1v) is 13.7. The number of carbonyl (C=O) groups is 1. The van der Waals surface area contributed by atoms with Crippen molar-refractivity contribution in [3.63, 3.8) is 0 Å². The van der Waals surface area contributed by atoms with E-state index in [9.17, 15) is 23.3 Å². The minimum atomic E-state index is -4.17. The molecule has 0 spiro atoms. The Bertz CT molecular complexity index is 1260. The molecule has 2 atom stereocenters. The Labute approximate surface area is 216 Å². The summed E-state index contributed by atoms with van der Waals surface area (Å²) in [5.74, 6) is -0.374. The summed E-state index contributed by atoms with van der Waals surface area (Å²) in [4.78, 5) is 23.3. The van der Waals surface area contributed by atoms with Crippen LogP contribution in [0, 0.1) is 17.0 Å². The number of nitro groups is 1. The SMILES string of the molecule is CCC(C)NS(=O)(=O)c1cc([N+](=O)[O-])ccc1Oc1c(C)c(C(=O)NCC2CCCO2)nn1C(C)(C)C. The van der Waals surface area contributed by atoms with Crippen molar-refractivity contribution in [2.75, 3.05) is 13.2 Å². The van der Waals surface area contributed by atoms with Gasteiger partial charge in [0.15, 0.2) is 5.69 Å². The Morgan fingerprint density at radius 1 is 1.38 bits per heavy atom. The minimum Gasteiger partial charge on any atom is -0.438 e. The van der Waals surface area contributed by atoms with Crippen molar-refractivity contribution < 1.29 is 27.6 Å². The number of benzene rings is 1. The van der Waals surface area contributed by atoms with Crippen LogP contribution in [0.25, 0.3) is 0 Å². The lowest BCUT2D eigenvalue weighted by Crippen LogP contribution is -2.32. The monoisotopic (exact) mass is 537 g/mol. The molecule has 13 heteroatoms. The molecule has 1 aromatic carbocycles. The number of hydrogen-bond acceptors (Lipinski definition) is 8. The molecule has 1 amide bonds. The van der Waals surface area contributed by atoms with Gasteiger partial charge in [-0.25, -0.2) is 17.8 Å². The van der Waals surface area contributed by atoms with Crippen LogP contribution in [0.15, 0.2) is 23.1 Å². The summed E-state index contributed by atoms with van der Waals surface area (Å²) in [6, 6.07) is 2.96. The third kappa shape index (κ3) is 6.65. The molecule has 12 nitrogen and oxygen atoms in total. The first-order valence-electron chi connectivity index (χ1n) is 12.2. The average Bonchev–Trinajstić information content (AvgIpc) is 3.45. The van der Waals surface area contributed by atoms with Gasteiger partial charge in [-0.3, -0.25) is 14.9 Å². The van der Waals surface area contributed by atoms with Crippen LogP contribution in [-0.4, -0.2) is 54.3 Å². The molecule has 1 saturated heterocycles. The second kappa shape index (κ2) is 11.2. The molecule has 2 N–H and O–H groups in total. The number of ether oxygens (including phenoxy) is 2. The van der Waals surface area contributed by atoms with Gasteiger partial charge in [0.05, 0.1) is 16.6 Å². The summed E-state index contributed by atoms with van der Waals surface area (Å²) in [7, 11) is -4.17. The van der Waals surface area contributed by atoms with E-state index < -0.39 is 38.1 Å². The fraction of sp³-hybridized carbons (Fsp3) is 0.583. The van der Waals surface area contributed by atoms with Gasteiger partial charge in [0.25, 0.3) is 11.6 Å². The maximum atomic E-state index is 13.2. The summed E-state index contributed by atoms with van der Waals surface area (Å²) in [5, 5.41) is 18.7. The number of sulfonamides is 1. The highest BCUT2D eigenvalue weighted by Crippen LogP contribution is 2.36. The molecule has 1 aromatic heterocycles. The number of nitro benzene ring substituents is 1. The third-order valence-corrected chi connectivity index (χ3v) is 7.65. The molecule has 0 saturated carbocycles. The van der Waals surface area contributed by atoms with E-state index in [1.165, 1.54) is 16.8 Å². The van der Waals surface area contributed by atoms with Gasteiger partial charge in [-0.15, -0.1) is 0 Å². The van der Waals surface area contributed by atoms with E-state index in [0.29, 0.717) is 25.1 Å². The maximum absolute atomic E-state index is 13.2. The van der Waals surface area contributed by atoms with Crippen molar-refractivity contribution in [1.29, 1.82) is 0 Å². The van der Waals surface area contributed by atoms with Crippen LogP contribution in [0.2, 0.25) is 0 Å². The molecule has 0 aliphatic carbocycles. The lowest BCUT2D eigenvalue weighted by molar-refractivity contribution is -0.385. The zero-order valence-electron chi connectivity index (χ0n) is 22.0. The molecule has 0 bridgehead atoms. The largest absolute Gasteiger partial charge is 0.438 e. The maximum Gasteiger partial charge on any atom is 0.272 e. The molecular weight excluding hydrogens is 502 g/mol. The molecule has 2 heterocycles. The average molecular weight is 538 g/mol. The lowest BCUT2D eigenvalue weighted by atomic mass is 10.1. The molecule has 2 unspecified atom stereocenters. The second-order valence-corrected chi connectivity index (χ2v) is 11.8. The van der Waals surface area contributed by atoms with Crippen LogP contribution in [-0.2, 0) is 20.3 Å². The Balaban J connectivity index is 2.04. The second-order valence-electron chi connectivity index (χ2n) is 10.1. The number of aromatic nitrogens is 2. The van der Waals surface area contributed by atoms with Gasteiger partial charge in [-0.1, -0.05) is 6.92 Å². The molecule has 37 heavy (non-hydrogen) atoms. The van der Waals surface area contributed by atoms with E-state index in [4.69, 9.17) is 9.47 Å². The van der Waals surface area contributed by atoms with Crippen LogP contribution in [0.4, 0.5) is 5.69 Å². The number of amides is 1. The highest BCUT2D eigenvalue weighted by molar-refractivity contribution is 7.89. The van der Waals surface area contributed by atoms with E-state index in [2.05, 4.69) is 15.1 Å². The van der Waals surface area contributed by atoms with Gasteiger partial charge in [0.2, 0.25) is 15.9 Å². The summed E-state index contributed by atoms with van der Waals surface area (Å²) in [5.41, 5.74) is -0.502. The van der Waals surface area contributed by atoms with Crippen molar-refractivity contribution in [2.24, 2.45) is 0 Å². The van der Waals surface area contributed by atoms with Gasteiger partial charge in [0.1, 0.15) is 10.6 Å². The summed E-state index contributed by atoms with van der Waals surface area (Å²) >= 11 is 0. The molecule has 1 fully saturated rings. The summed E-state index contributed by atoms with van der Waals surface area (Å²) in [6.07, 6.45) is 2.29. The van der Waals surface area contributed by atoms with Crippen LogP contribution in [0.5, 0.6) is 11.6 Å². The lowest BCUT2D eigenvalue weighted by Gasteiger charge is -2.23. The van der Waals surface area contributed by atoms with E-state index in [1.54, 1.807) is 13.8 Å². The smallest absolute Gasteiger partial charge is 0.272 e. The van der Waals surface area contributed by atoms with Crippen molar-refractivity contribution in [3.8, 4) is 11.6 Å². The molecule has 3 rings (SSSR count). The summed E-state index contributed by atoms with van der Waals surface area (Å²) < 4.78 is 42.0. The van der Waals surface area contributed by atoms with Crippen molar-refractivity contribution in [3.05, 3.63) is 39.6 Å². The highest BCUT2D eigenvalue weighted by atomic mass is 32.2. The van der Waals surface area contributed by atoms with E-state index >= 15 is 0 Å². The van der Waals surface area contributed by atoms with Gasteiger partial charge in [-0.2, -0.15) is 5.10 Å². The number of hydrogen-bond donors (Lipinski definition) is 2. The molecule has 1 aliphatic heterocycles. The van der Waals surface area contributed by atoms with Crippen molar-refractivity contribution >= 4 is 21.6 Å². The quantitative estimate of drug-likeness (QED) is 0.344. The fourth-order valence-electron chi connectivity index (χ4n) is 3.79. The highest BCUT2D eigenvalue weighted by Gasteiger charge is 2.31. The molecule has 1 aliphatic rings. The number of non-ortho nitro benzene ring substituents is 1. The fourth-order valence-corrected chi connectivity index (χ4v) is 5.26. The van der Waals surface area contributed by atoms with E-state index in [-0.39, 0.29) is 28.3 Å². The third-order valence-electron chi connectivity index (χ3n) is 6.04. The van der Waals surface area contributed by atoms with Crippen molar-refractivity contribution in [2.45, 2.75) is 83.4 Å². The van der Waals surface area contributed by atoms with Crippen molar-refractivity contribution in [1.82, 2.24) is 19.8 Å². The molecule has 0 radical (unpaired) electrons. The van der Waals surface area contributed by atoms with E-state index in [1.807, 2.05) is 27.7 Å². The number of carbonyl (C=O) groups excluding carboxylic acids is 1.